The predicted molar refractivity (Wildman–Crippen MR) is 49.0 cm³/mol. The second-order valence-electron chi connectivity index (χ2n) is 3.67. The summed E-state index contributed by atoms with van der Waals surface area (Å²) in [4.78, 5) is 11.0. The van der Waals surface area contributed by atoms with Gasteiger partial charge in [0.1, 0.15) is 5.60 Å². The third kappa shape index (κ3) is 12.5. The zero-order valence-electron chi connectivity index (χ0n) is 10.3. The molecule has 1 atom stereocenters. The summed E-state index contributed by atoms with van der Waals surface area (Å²) in [6.07, 6.45) is 0.225. The predicted octanol–water partition coefficient (Wildman–Crippen LogP) is -3.08. The topological polar surface area (TPSA) is 40.4 Å². The van der Waals surface area contributed by atoms with Crippen molar-refractivity contribution >= 4 is 6.09 Å². The summed E-state index contributed by atoms with van der Waals surface area (Å²) in [5, 5.41) is 3.71. The molecular formula is C9H17Li2NO2. The monoisotopic (exact) mass is 185 g/mol. The van der Waals surface area contributed by atoms with Crippen LogP contribution in [0.1, 0.15) is 34.1 Å². The maximum atomic E-state index is 11.0. The molecule has 5 heteroatoms. The van der Waals surface area contributed by atoms with Crippen LogP contribution >= 0.6 is 0 Å². The van der Waals surface area contributed by atoms with E-state index in [1.165, 1.54) is 0 Å². The normalized spacial score (nSPS) is 11.8. The molecule has 0 aliphatic carbocycles. The van der Waals surface area contributed by atoms with Crippen molar-refractivity contribution in [1.29, 1.82) is 0 Å². The van der Waals surface area contributed by atoms with Crippen LogP contribution in [0.4, 0.5) is 4.79 Å². The molecule has 0 aromatic rings. The number of carbonyl (C=O) groups excluding carboxylic acids is 1. The Kier molecular flexibility index (Phi) is 12.5. The van der Waals surface area contributed by atoms with Gasteiger partial charge in [-0.1, -0.05) is 13.3 Å². The van der Waals surface area contributed by atoms with Crippen molar-refractivity contribution in [3.63, 3.8) is 0 Å². The first kappa shape index (κ1) is 20.0. The largest absolute Gasteiger partial charge is 1.00 e. The fraction of sp³-hybridized carbons (Fsp3) is 0.778. The van der Waals surface area contributed by atoms with E-state index in [4.69, 9.17) is 4.74 Å². The molecule has 72 valence electrons. The van der Waals surface area contributed by atoms with Gasteiger partial charge in [0.25, 0.3) is 0 Å². The summed E-state index contributed by atoms with van der Waals surface area (Å²) in [7, 11) is 0. The van der Waals surface area contributed by atoms with Gasteiger partial charge in [-0.2, -0.15) is 0 Å². The van der Waals surface area contributed by atoms with Crippen LogP contribution in [0.2, 0.25) is 0 Å². The number of rotatable bonds is 2. The van der Waals surface area contributed by atoms with Gasteiger partial charge in [0.15, 0.2) is 0 Å². The molecule has 0 rings (SSSR count). The summed E-state index contributed by atoms with van der Waals surface area (Å²) >= 11 is 0. The van der Waals surface area contributed by atoms with Gasteiger partial charge in [-0.25, -0.2) is 0 Å². The molecule has 0 fully saturated rings. The third-order valence-electron chi connectivity index (χ3n) is 1.15. The van der Waals surface area contributed by atoms with E-state index < -0.39 is 11.7 Å². The summed E-state index contributed by atoms with van der Waals surface area (Å²) in [5.74, 6) is 0. The van der Waals surface area contributed by atoms with Crippen LogP contribution in [0, 0.1) is 6.92 Å². The van der Waals surface area contributed by atoms with Gasteiger partial charge in [-0.15, -0.1) is 0 Å². The minimum absolute atomic E-state index is 0. The van der Waals surface area contributed by atoms with Gasteiger partial charge >= 0.3 is 37.7 Å². The van der Waals surface area contributed by atoms with E-state index in [-0.39, 0.29) is 43.8 Å². The standard InChI is InChI=1S/C9H18NO2.2Li/c1-6-7(2)10-8(11)12-9(3,4)5;;/h7H,2,6H2,1,3-5H3,(H,10,11);;/q-1;2*+1/p-1/t7-;;/m0../s1. The Morgan fingerprint density at radius 3 is 2.14 bits per heavy atom. The first-order chi connectivity index (χ1) is 5.35. The molecule has 0 spiro atoms. The van der Waals surface area contributed by atoms with E-state index in [0.717, 1.165) is 6.42 Å². The zero-order valence-corrected chi connectivity index (χ0v) is 10.3. The number of hydrogen-bond donors (Lipinski definition) is 0. The van der Waals surface area contributed by atoms with Crippen molar-refractivity contribution in [2.24, 2.45) is 0 Å². The van der Waals surface area contributed by atoms with Crippen molar-refractivity contribution in [2.75, 3.05) is 0 Å². The van der Waals surface area contributed by atoms with Crippen LogP contribution < -0.4 is 37.7 Å². The van der Waals surface area contributed by atoms with E-state index >= 15 is 0 Å². The average molecular weight is 185 g/mol. The quantitative estimate of drug-likeness (QED) is 0.338. The van der Waals surface area contributed by atoms with E-state index in [0.29, 0.717) is 0 Å². The Morgan fingerprint density at radius 2 is 1.86 bits per heavy atom. The van der Waals surface area contributed by atoms with Crippen LogP contribution in [0.25, 0.3) is 5.32 Å². The summed E-state index contributed by atoms with van der Waals surface area (Å²) in [5.41, 5.74) is -0.464. The van der Waals surface area contributed by atoms with Crippen molar-refractivity contribution < 1.29 is 47.3 Å². The SMILES string of the molecule is [CH2-][C@@H](CC)[N-]C(=O)OC(C)(C)C.[Li+].[Li+]. The molecule has 0 radical (unpaired) electrons. The van der Waals surface area contributed by atoms with Crippen LogP contribution in [-0.4, -0.2) is 17.7 Å². The molecule has 1 amide bonds. The van der Waals surface area contributed by atoms with Gasteiger partial charge in [0.2, 0.25) is 6.09 Å². The molecule has 0 aromatic carbocycles. The van der Waals surface area contributed by atoms with Gasteiger partial charge in [-0.3, -0.25) is 10.8 Å². The summed E-state index contributed by atoms with van der Waals surface area (Å²) in [6.45, 7) is 11.0. The van der Waals surface area contributed by atoms with Gasteiger partial charge in [0, 0.05) is 0 Å². The smallest absolute Gasteiger partial charge is 0.640 e. The fourth-order valence-electron chi connectivity index (χ4n) is 0.529. The van der Waals surface area contributed by atoms with E-state index in [1.807, 2.05) is 27.7 Å². The maximum absolute atomic E-state index is 11.0. The second-order valence-corrected chi connectivity index (χ2v) is 3.67. The van der Waals surface area contributed by atoms with Gasteiger partial charge < -0.3 is 17.0 Å². The molecule has 3 nitrogen and oxygen atoms in total. The minimum Gasteiger partial charge on any atom is -0.640 e. The Bertz CT molecular complexity index is 157. The molecule has 0 heterocycles. The molecule has 0 unspecified atom stereocenters. The Labute approximate surface area is 111 Å². The Hall–Kier alpha value is 0.465. The summed E-state index contributed by atoms with van der Waals surface area (Å²) in [6, 6.07) is -0.195. The fourth-order valence-corrected chi connectivity index (χ4v) is 0.529. The molecule has 0 saturated carbocycles. The maximum Gasteiger partial charge on any atom is 1.00 e. The van der Waals surface area contributed by atoms with E-state index in [2.05, 4.69) is 12.2 Å². The number of hydrogen-bond acceptors (Lipinski definition) is 2. The number of carbonyl (C=O) groups is 1. The van der Waals surface area contributed by atoms with Crippen LogP contribution in [0.3, 0.4) is 0 Å². The minimum atomic E-state index is -0.524. The van der Waals surface area contributed by atoms with Crippen molar-refractivity contribution in [3.8, 4) is 0 Å². The van der Waals surface area contributed by atoms with Crippen LogP contribution in [0.15, 0.2) is 0 Å². The third-order valence-corrected chi connectivity index (χ3v) is 1.15. The molecule has 14 heavy (non-hydrogen) atoms. The van der Waals surface area contributed by atoms with E-state index in [9.17, 15) is 4.79 Å². The van der Waals surface area contributed by atoms with Crippen molar-refractivity contribution in [2.45, 2.75) is 45.8 Å². The zero-order chi connectivity index (χ0) is 9.78. The average Bonchev–Trinajstić information content (AvgIpc) is 1.82. The second kappa shape index (κ2) is 8.75. The Morgan fingerprint density at radius 1 is 1.43 bits per heavy atom. The summed E-state index contributed by atoms with van der Waals surface area (Å²) < 4.78 is 4.96. The van der Waals surface area contributed by atoms with Crippen molar-refractivity contribution in [1.82, 2.24) is 0 Å². The number of amides is 1. The van der Waals surface area contributed by atoms with Gasteiger partial charge in [0.05, 0.1) is 0 Å². The van der Waals surface area contributed by atoms with Crippen LogP contribution in [-0.2, 0) is 4.74 Å². The van der Waals surface area contributed by atoms with Gasteiger partial charge in [-0.05, 0) is 20.8 Å². The molecule has 0 N–H and O–H groups in total. The molecule has 0 aliphatic rings. The first-order valence-electron chi connectivity index (χ1n) is 4.12. The first-order valence-corrected chi connectivity index (χ1v) is 4.12. The molecule has 0 aromatic heterocycles. The van der Waals surface area contributed by atoms with Crippen molar-refractivity contribution in [3.05, 3.63) is 12.2 Å². The Balaban J connectivity index is -0.000000605. The molecule has 0 aliphatic heterocycles. The molecular weight excluding hydrogens is 168 g/mol. The van der Waals surface area contributed by atoms with Crippen LogP contribution in [0.5, 0.6) is 0 Å². The number of ether oxygens (including phenoxy) is 1. The van der Waals surface area contributed by atoms with E-state index in [1.54, 1.807) is 0 Å². The molecule has 0 saturated heterocycles. The molecule has 0 bridgehead atoms. The number of nitrogens with zero attached hydrogens (tertiary/aromatic N) is 1.